The number of pyridine rings is 1. The van der Waals surface area contributed by atoms with E-state index in [4.69, 9.17) is 5.11 Å². The number of nitrogens with one attached hydrogen (secondary N) is 1. The maximum atomic E-state index is 12.3. The van der Waals surface area contributed by atoms with Crippen LogP contribution in [0.4, 0.5) is 13.2 Å². The SMILES string of the molecule is O=C(NC(CO)CCC(O)C(F)(F)F)c1cnc2ccccn12. The Morgan fingerprint density at radius 1 is 1.35 bits per heavy atom. The van der Waals surface area contributed by atoms with Gasteiger partial charge in [-0.15, -0.1) is 0 Å². The van der Waals surface area contributed by atoms with Gasteiger partial charge < -0.3 is 15.5 Å². The van der Waals surface area contributed by atoms with Gasteiger partial charge in [0, 0.05) is 6.20 Å². The molecule has 3 N–H and O–H groups in total. The highest BCUT2D eigenvalue weighted by atomic mass is 19.4. The van der Waals surface area contributed by atoms with E-state index in [1.807, 2.05) is 0 Å². The van der Waals surface area contributed by atoms with E-state index in [9.17, 15) is 23.1 Å². The van der Waals surface area contributed by atoms with E-state index in [1.54, 1.807) is 24.4 Å². The van der Waals surface area contributed by atoms with Gasteiger partial charge in [0.2, 0.25) is 0 Å². The number of alkyl halides is 3. The predicted molar refractivity (Wildman–Crippen MR) is 74.8 cm³/mol. The highest BCUT2D eigenvalue weighted by Gasteiger charge is 2.38. The molecule has 0 bridgehead atoms. The number of aliphatic hydroxyl groups excluding tert-OH is 2. The van der Waals surface area contributed by atoms with Gasteiger partial charge in [-0.3, -0.25) is 9.20 Å². The maximum Gasteiger partial charge on any atom is 0.414 e. The van der Waals surface area contributed by atoms with Crippen LogP contribution >= 0.6 is 0 Å². The first-order valence-corrected chi connectivity index (χ1v) is 6.91. The van der Waals surface area contributed by atoms with E-state index < -0.39 is 37.3 Å². The number of carbonyl (C=O) groups excluding carboxylic acids is 1. The standard InChI is InChI=1S/C14H16F3N3O3/c15-14(16,17)11(22)5-4-9(8-21)19-13(23)10-7-18-12-3-1-2-6-20(10)12/h1-3,6-7,9,11,21-22H,4-5,8H2,(H,19,23). The molecule has 2 aromatic rings. The molecule has 0 saturated carbocycles. The number of imidazole rings is 1. The summed E-state index contributed by atoms with van der Waals surface area (Å²) in [6.07, 6.45) is -5.06. The molecule has 0 aliphatic heterocycles. The van der Waals surface area contributed by atoms with Crippen LogP contribution in [0.15, 0.2) is 30.6 Å². The number of hydrogen-bond donors (Lipinski definition) is 3. The van der Waals surface area contributed by atoms with Crippen molar-refractivity contribution >= 4 is 11.6 Å². The van der Waals surface area contributed by atoms with Gasteiger partial charge in [-0.25, -0.2) is 4.98 Å². The molecule has 126 valence electrons. The number of fused-ring (bicyclic) bond motifs is 1. The molecule has 1 amide bonds. The second-order valence-corrected chi connectivity index (χ2v) is 5.06. The number of rotatable bonds is 6. The second kappa shape index (κ2) is 6.97. The predicted octanol–water partition coefficient (Wildman–Crippen LogP) is 1.13. The molecular formula is C14H16F3N3O3. The molecule has 2 unspecified atom stereocenters. The molecule has 0 aliphatic rings. The summed E-state index contributed by atoms with van der Waals surface area (Å²) >= 11 is 0. The van der Waals surface area contributed by atoms with E-state index in [-0.39, 0.29) is 12.1 Å². The summed E-state index contributed by atoms with van der Waals surface area (Å²) in [6.45, 7) is -0.535. The van der Waals surface area contributed by atoms with Crippen molar-refractivity contribution in [2.45, 2.75) is 31.2 Å². The third-order valence-corrected chi connectivity index (χ3v) is 3.37. The number of amides is 1. The first kappa shape index (κ1) is 17.2. The minimum Gasteiger partial charge on any atom is -0.394 e. The first-order chi connectivity index (χ1) is 10.8. The van der Waals surface area contributed by atoms with Gasteiger partial charge >= 0.3 is 6.18 Å². The quantitative estimate of drug-likeness (QED) is 0.740. The normalized spacial score (nSPS) is 14.7. The van der Waals surface area contributed by atoms with Crippen LogP contribution in [-0.4, -0.2) is 50.4 Å². The van der Waals surface area contributed by atoms with E-state index in [0.717, 1.165) is 0 Å². The number of halogens is 3. The monoisotopic (exact) mass is 331 g/mol. The van der Waals surface area contributed by atoms with Crippen LogP contribution in [0.1, 0.15) is 23.3 Å². The maximum absolute atomic E-state index is 12.3. The van der Waals surface area contributed by atoms with Crippen LogP contribution in [0.2, 0.25) is 0 Å². The fourth-order valence-electron chi connectivity index (χ4n) is 2.09. The van der Waals surface area contributed by atoms with Crippen molar-refractivity contribution in [3.8, 4) is 0 Å². The Hall–Kier alpha value is -2.13. The summed E-state index contributed by atoms with van der Waals surface area (Å²) in [5.41, 5.74) is 0.751. The molecule has 2 aromatic heterocycles. The van der Waals surface area contributed by atoms with E-state index in [0.29, 0.717) is 5.65 Å². The molecule has 9 heteroatoms. The number of carbonyl (C=O) groups is 1. The van der Waals surface area contributed by atoms with Crippen LogP contribution < -0.4 is 5.32 Å². The van der Waals surface area contributed by atoms with E-state index in [1.165, 1.54) is 10.6 Å². The largest absolute Gasteiger partial charge is 0.414 e. The van der Waals surface area contributed by atoms with Crippen molar-refractivity contribution < 1.29 is 28.2 Å². The van der Waals surface area contributed by atoms with Crippen LogP contribution in [0.5, 0.6) is 0 Å². The lowest BCUT2D eigenvalue weighted by molar-refractivity contribution is -0.206. The Labute approximate surface area is 129 Å². The topological polar surface area (TPSA) is 86.9 Å². The lowest BCUT2D eigenvalue weighted by Crippen LogP contribution is -2.39. The molecule has 0 saturated heterocycles. The summed E-state index contributed by atoms with van der Waals surface area (Å²) in [5.74, 6) is -0.566. The van der Waals surface area contributed by atoms with E-state index >= 15 is 0 Å². The fourth-order valence-corrected chi connectivity index (χ4v) is 2.09. The highest BCUT2D eigenvalue weighted by molar-refractivity contribution is 5.93. The number of aromatic nitrogens is 2. The van der Waals surface area contributed by atoms with Gasteiger partial charge in [0.25, 0.3) is 5.91 Å². The average Bonchev–Trinajstić information content (AvgIpc) is 2.94. The summed E-state index contributed by atoms with van der Waals surface area (Å²) in [6, 6.07) is 4.25. The summed E-state index contributed by atoms with van der Waals surface area (Å²) < 4.78 is 38.3. The van der Waals surface area contributed by atoms with Gasteiger partial charge in [0.05, 0.1) is 18.8 Å². The fraction of sp³-hybridized carbons (Fsp3) is 0.429. The van der Waals surface area contributed by atoms with Crippen LogP contribution in [0.25, 0.3) is 5.65 Å². The molecule has 0 radical (unpaired) electrons. The first-order valence-electron chi connectivity index (χ1n) is 6.91. The smallest absolute Gasteiger partial charge is 0.394 e. The highest BCUT2D eigenvalue weighted by Crippen LogP contribution is 2.23. The Kier molecular flexibility index (Phi) is 5.22. The molecule has 2 rings (SSSR count). The lowest BCUT2D eigenvalue weighted by Gasteiger charge is -2.19. The molecule has 0 aliphatic carbocycles. The van der Waals surface area contributed by atoms with Gasteiger partial charge in [-0.05, 0) is 25.0 Å². The third kappa shape index (κ3) is 4.20. The number of nitrogens with zero attached hydrogens (tertiary/aromatic N) is 2. The number of aliphatic hydroxyl groups is 2. The van der Waals surface area contributed by atoms with Crippen molar-refractivity contribution in [1.29, 1.82) is 0 Å². The Balaban J connectivity index is 2.00. The summed E-state index contributed by atoms with van der Waals surface area (Å²) in [5, 5.41) is 20.6. The molecular weight excluding hydrogens is 315 g/mol. The molecule has 0 aromatic carbocycles. The third-order valence-electron chi connectivity index (χ3n) is 3.37. The van der Waals surface area contributed by atoms with Crippen LogP contribution in [0, 0.1) is 0 Å². The van der Waals surface area contributed by atoms with Crippen molar-refractivity contribution in [2.75, 3.05) is 6.61 Å². The van der Waals surface area contributed by atoms with Crippen molar-refractivity contribution in [2.24, 2.45) is 0 Å². The molecule has 2 heterocycles. The zero-order chi connectivity index (χ0) is 17.0. The second-order valence-electron chi connectivity index (χ2n) is 5.06. The molecule has 0 fully saturated rings. The van der Waals surface area contributed by atoms with Gasteiger partial charge in [0.15, 0.2) is 0 Å². The lowest BCUT2D eigenvalue weighted by atomic mass is 10.1. The van der Waals surface area contributed by atoms with E-state index in [2.05, 4.69) is 10.3 Å². The molecule has 2 atom stereocenters. The van der Waals surface area contributed by atoms with Gasteiger partial charge in [0.1, 0.15) is 17.4 Å². The zero-order valence-corrected chi connectivity index (χ0v) is 12.0. The van der Waals surface area contributed by atoms with Gasteiger partial charge in [-0.1, -0.05) is 6.07 Å². The van der Waals surface area contributed by atoms with Crippen molar-refractivity contribution in [1.82, 2.24) is 14.7 Å². The Morgan fingerprint density at radius 3 is 2.74 bits per heavy atom. The number of hydrogen-bond acceptors (Lipinski definition) is 4. The van der Waals surface area contributed by atoms with Crippen LogP contribution in [0.3, 0.4) is 0 Å². The minimum atomic E-state index is -4.72. The molecule has 0 spiro atoms. The summed E-state index contributed by atoms with van der Waals surface area (Å²) in [4.78, 5) is 16.2. The van der Waals surface area contributed by atoms with Crippen molar-refractivity contribution in [3.63, 3.8) is 0 Å². The molecule has 6 nitrogen and oxygen atoms in total. The summed E-state index contributed by atoms with van der Waals surface area (Å²) in [7, 11) is 0. The minimum absolute atomic E-state index is 0.204. The zero-order valence-electron chi connectivity index (χ0n) is 12.0. The van der Waals surface area contributed by atoms with Gasteiger partial charge in [-0.2, -0.15) is 13.2 Å². The van der Waals surface area contributed by atoms with Crippen LogP contribution in [-0.2, 0) is 0 Å². The Bertz CT molecular complexity index is 672. The average molecular weight is 331 g/mol. The Morgan fingerprint density at radius 2 is 2.09 bits per heavy atom. The van der Waals surface area contributed by atoms with Crippen molar-refractivity contribution in [3.05, 3.63) is 36.3 Å². The molecule has 23 heavy (non-hydrogen) atoms.